The molecule has 90 valence electrons. The van der Waals surface area contributed by atoms with Gasteiger partial charge in [-0.15, -0.1) is 0 Å². The van der Waals surface area contributed by atoms with Gasteiger partial charge < -0.3 is 4.74 Å². The van der Waals surface area contributed by atoms with Crippen molar-refractivity contribution in [1.29, 1.82) is 0 Å². The lowest BCUT2D eigenvalue weighted by atomic mass is 9.90. The molecule has 0 radical (unpaired) electrons. The van der Waals surface area contributed by atoms with Crippen LogP contribution in [0.4, 0.5) is 0 Å². The summed E-state index contributed by atoms with van der Waals surface area (Å²) < 4.78 is 5.37. The molecule has 0 N–H and O–H groups in total. The Balaban J connectivity index is 2.29. The van der Waals surface area contributed by atoms with E-state index >= 15 is 0 Å². The summed E-state index contributed by atoms with van der Waals surface area (Å²) in [5.41, 5.74) is -1.88. The highest BCUT2D eigenvalue weighted by Crippen LogP contribution is 2.30. The number of ketones is 1. The lowest BCUT2D eigenvalue weighted by molar-refractivity contribution is -0.598. The van der Waals surface area contributed by atoms with Crippen molar-refractivity contribution in [2.45, 2.75) is 31.4 Å². The molecule has 1 saturated carbocycles. The third-order valence-electron chi connectivity index (χ3n) is 2.93. The quantitative estimate of drug-likeness (QED) is 0.457. The van der Waals surface area contributed by atoms with Crippen molar-refractivity contribution in [1.82, 2.24) is 0 Å². The summed E-state index contributed by atoms with van der Waals surface area (Å²) in [6.07, 6.45) is 1.70. The molecule has 0 aromatic heterocycles. The van der Waals surface area contributed by atoms with E-state index in [0.29, 0.717) is 18.6 Å². The molecule has 0 amide bonds. The predicted molar refractivity (Wildman–Crippen MR) is 60.3 cm³/mol. The first-order chi connectivity index (χ1) is 8.15. The third-order valence-corrected chi connectivity index (χ3v) is 2.93. The molecule has 5 nitrogen and oxygen atoms in total. The lowest BCUT2D eigenvalue weighted by Gasteiger charge is -2.27. The van der Waals surface area contributed by atoms with Gasteiger partial charge in [-0.3, -0.25) is 14.9 Å². The van der Waals surface area contributed by atoms with Crippen molar-refractivity contribution < 1.29 is 14.5 Å². The minimum Gasteiger partial charge on any atom is -0.422 e. The summed E-state index contributed by atoms with van der Waals surface area (Å²) in [6.45, 7) is 0. The van der Waals surface area contributed by atoms with Crippen LogP contribution in [0, 0.1) is 10.1 Å². The highest BCUT2D eigenvalue weighted by Gasteiger charge is 2.54. The van der Waals surface area contributed by atoms with Crippen molar-refractivity contribution in [3.8, 4) is 5.75 Å². The SMILES string of the molecule is O=C1CCCCC1(Oc1ccccc1)[N+](=O)[O-]. The van der Waals surface area contributed by atoms with Gasteiger partial charge in [0.2, 0.25) is 0 Å². The second-order valence-electron chi connectivity index (χ2n) is 4.09. The summed E-state index contributed by atoms with van der Waals surface area (Å²) >= 11 is 0. The molecule has 0 aliphatic heterocycles. The molecule has 2 rings (SSSR count). The van der Waals surface area contributed by atoms with Crippen LogP contribution in [0.3, 0.4) is 0 Å². The van der Waals surface area contributed by atoms with Gasteiger partial charge in [0.25, 0.3) is 5.78 Å². The fourth-order valence-corrected chi connectivity index (χ4v) is 2.01. The van der Waals surface area contributed by atoms with Gasteiger partial charge >= 0.3 is 5.72 Å². The number of para-hydroxylation sites is 1. The predicted octanol–water partition coefficient (Wildman–Crippen LogP) is 2.18. The van der Waals surface area contributed by atoms with Gasteiger partial charge in [0.15, 0.2) is 0 Å². The van der Waals surface area contributed by atoms with Gasteiger partial charge in [-0.1, -0.05) is 18.2 Å². The molecular formula is C12H13NO4. The number of benzene rings is 1. The fraction of sp³-hybridized carbons (Fsp3) is 0.417. The van der Waals surface area contributed by atoms with Crippen LogP contribution in [0.2, 0.25) is 0 Å². The maximum Gasteiger partial charge on any atom is 0.422 e. The zero-order chi connectivity index (χ0) is 12.3. The molecule has 1 aromatic carbocycles. The number of nitrogens with zero attached hydrogens (tertiary/aromatic N) is 1. The minimum atomic E-state index is -1.88. The Morgan fingerprint density at radius 2 is 1.94 bits per heavy atom. The van der Waals surface area contributed by atoms with Gasteiger partial charge in [-0.05, 0) is 25.0 Å². The molecule has 1 atom stereocenters. The number of nitro groups is 1. The number of hydrogen-bond donors (Lipinski definition) is 0. The second-order valence-corrected chi connectivity index (χ2v) is 4.09. The van der Waals surface area contributed by atoms with Gasteiger partial charge in [0.1, 0.15) is 5.75 Å². The molecule has 0 spiro atoms. The number of Topliss-reactive ketones (excluding diaryl/α,β-unsaturated/α-hetero) is 1. The number of ether oxygens (including phenoxy) is 1. The van der Waals surface area contributed by atoms with Crippen LogP contribution in [-0.2, 0) is 4.79 Å². The monoisotopic (exact) mass is 235 g/mol. The van der Waals surface area contributed by atoms with Crippen molar-refractivity contribution in [3.05, 3.63) is 40.4 Å². The molecule has 17 heavy (non-hydrogen) atoms. The van der Waals surface area contributed by atoms with Crippen molar-refractivity contribution >= 4 is 5.78 Å². The van der Waals surface area contributed by atoms with Crippen LogP contribution in [0.15, 0.2) is 30.3 Å². The Bertz CT molecular complexity index is 431. The summed E-state index contributed by atoms with van der Waals surface area (Å²) in [6, 6.07) is 8.46. The first-order valence-electron chi connectivity index (χ1n) is 5.57. The van der Waals surface area contributed by atoms with E-state index in [9.17, 15) is 14.9 Å². The van der Waals surface area contributed by atoms with Crippen LogP contribution in [0.1, 0.15) is 25.7 Å². The summed E-state index contributed by atoms with van der Waals surface area (Å²) in [4.78, 5) is 22.4. The first-order valence-corrected chi connectivity index (χ1v) is 5.57. The first kappa shape index (κ1) is 11.6. The average molecular weight is 235 g/mol. The van der Waals surface area contributed by atoms with Crippen LogP contribution in [-0.4, -0.2) is 16.4 Å². The molecule has 1 aromatic rings. The van der Waals surface area contributed by atoms with E-state index < -0.39 is 16.4 Å². The molecule has 0 bridgehead atoms. The van der Waals surface area contributed by atoms with Crippen LogP contribution in [0.25, 0.3) is 0 Å². The van der Waals surface area contributed by atoms with Crippen LogP contribution >= 0.6 is 0 Å². The topological polar surface area (TPSA) is 69.4 Å². The Labute approximate surface area is 98.5 Å². The lowest BCUT2D eigenvalue weighted by Crippen LogP contribution is -2.53. The maximum atomic E-state index is 11.8. The normalized spacial score (nSPS) is 24.4. The van der Waals surface area contributed by atoms with E-state index in [0.717, 1.165) is 0 Å². The molecule has 1 aliphatic rings. The number of rotatable bonds is 3. The minimum absolute atomic E-state index is 0.147. The molecule has 0 heterocycles. The van der Waals surface area contributed by atoms with Gasteiger partial charge in [-0.25, -0.2) is 0 Å². The zero-order valence-electron chi connectivity index (χ0n) is 9.30. The molecular weight excluding hydrogens is 222 g/mol. The highest BCUT2D eigenvalue weighted by atomic mass is 16.7. The van der Waals surface area contributed by atoms with Gasteiger partial charge in [0, 0.05) is 6.42 Å². The van der Waals surface area contributed by atoms with Gasteiger partial charge in [-0.2, -0.15) is 0 Å². The van der Waals surface area contributed by atoms with Crippen LogP contribution in [0.5, 0.6) is 5.75 Å². The Hall–Kier alpha value is -1.91. The van der Waals surface area contributed by atoms with E-state index in [1.54, 1.807) is 30.3 Å². The maximum absolute atomic E-state index is 11.8. The second kappa shape index (κ2) is 4.53. The molecule has 1 aliphatic carbocycles. The van der Waals surface area contributed by atoms with Crippen molar-refractivity contribution in [2.75, 3.05) is 0 Å². The van der Waals surface area contributed by atoms with E-state index in [1.807, 2.05) is 0 Å². The van der Waals surface area contributed by atoms with E-state index in [1.165, 1.54) is 0 Å². The Morgan fingerprint density at radius 1 is 1.24 bits per heavy atom. The van der Waals surface area contributed by atoms with E-state index in [2.05, 4.69) is 0 Å². The summed E-state index contributed by atoms with van der Waals surface area (Å²) in [5, 5.41) is 11.2. The number of carbonyl (C=O) groups excluding carboxylic acids is 1. The highest BCUT2D eigenvalue weighted by molar-refractivity contribution is 5.86. The van der Waals surface area contributed by atoms with Gasteiger partial charge in [0.05, 0.1) is 11.3 Å². The number of carbonyl (C=O) groups is 1. The fourth-order valence-electron chi connectivity index (χ4n) is 2.01. The van der Waals surface area contributed by atoms with Crippen LogP contribution < -0.4 is 4.74 Å². The number of hydrogen-bond acceptors (Lipinski definition) is 4. The molecule has 1 fully saturated rings. The standard InChI is InChI=1S/C12H13NO4/c14-11-8-4-5-9-12(11,13(15)16)17-10-6-2-1-3-7-10/h1-3,6-7H,4-5,8-9H2. The smallest absolute Gasteiger partial charge is 0.422 e. The Kier molecular flexibility index (Phi) is 3.08. The third kappa shape index (κ3) is 2.13. The molecule has 1 unspecified atom stereocenters. The molecule has 5 heteroatoms. The van der Waals surface area contributed by atoms with Crippen molar-refractivity contribution in [2.24, 2.45) is 0 Å². The molecule has 0 saturated heterocycles. The summed E-state index contributed by atoms with van der Waals surface area (Å²) in [7, 11) is 0. The largest absolute Gasteiger partial charge is 0.422 e. The summed E-state index contributed by atoms with van der Waals surface area (Å²) in [5.74, 6) is -0.0722. The van der Waals surface area contributed by atoms with E-state index in [4.69, 9.17) is 4.74 Å². The van der Waals surface area contributed by atoms with Crippen molar-refractivity contribution in [3.63, 3.8) is 0 Å². The zero-order valence-corrected chi connectivity index (χ0v) is 9.30. The Morgan fingerprint density at radius 3 is 2.53 bits per heavy atom. The van der Waals surface area contributed by atoms with E-state index in [-0.39, 0.29) is 12.8 Å². The average Bonchev–Trinajstić information content (AvgIpc) is 2.33.